The smallest absolute Gasteiger partial charge is 0.378 e. The molecule has 0 atom stereocenters. The highest BCUT2D eigenvalue weighted by molar-refractivity contribution is 7.13. The predicted octanol–water partition coefficient (Wildman–Crippen LogP) is 5.50. The van der Waals surface area contributed by atoms with Gasteiger partial charge < -0.3 is 15.0 Å². The SMILES string of the molecule is O=C(Cc1csc(-c2ccc(C(F)(F)F)cc2)n1)Nc1cccc(Cl)c1N1CCOCC1. The van der Waals surface area contributed by atoms with Gasteiger partial charge >= 0.3 is 6.18 Å². The van der Waals surface area contributed by atoms with Gasteiger partial charge in [-0.15, -0.1) is 11.3 Å². The summed E-state index contributed by atoms with van der Waals surface area (Å²) in [7, 11) is 0. The molecule has 0 spiro atoms. The van der Waals surface area contributed by atoms with Crippen molar-refractivity contribution in [3.05, 3.63) is 64.1 Å². The van der Waals surface area contributed by atoms with Crippen molar-refractivity contribution in [1.29, 1.82) is 0 Å². The van der Waals surface area contributed by atoms with Gasteiger partial charge in [0.2, 0.25) is 5.91 Å². The van der Waals surface area contributed by atoms with E-state index in [-0.39, 0.29) is 12.3 Å². The zero-order valence-corrected chi connectivity index (χ0v) is 18.4. The minimum absolute atomic E-state index is 0.0339. The largest absolute Gasteiger partial charge is 0.416 e. The molecule has 3 aromatic rings. The molecule has 1 amide bonds. The number of morpholine rings is 1. The number of benzene rings is 2. The summed E-state index contributed by atoms with van der Waals surface area (Å²) in [5.74, 6) is -0.258. The highest BCUT2D eigenvalue weighted by atomic mass is 35.5. The van der Waals surface area contributed by atoms with Crippen molar-refractivity contribution in [2.24, 2.45) is 0 Å². The van der Waals surface area contributed by atoms with Gasteiger partial charge in [0.15, 0.2) is 0 Å². The number of nitrogens with one attached hydrogen (secondary N) is 1. The molecule has 32 heavy (non-hydrogen) atoms. The Hall–Kier alpha value is -2.62. The number of carbonyl (C=O) groups is 1. The molecule has 0 unspecified atom stereocenters. The lowest BCUT2D eigenvalue weighted by Gasteiger charge is -2.31. The molecular formula is C22H19ClF3N3O2S. The summed E-state index contributed by atoms with van der Waals surface area (Å²) in [6.45, 7) is 2.53. The molecule has 0 bridgehead atoms. The van der Waals surface area contributed by atoms with Crippen LogP contribution in [0.2, 0.25) is 5.02 Å². The molecule has 0 aliphatic carbocycles. The molecule has 1 aromatic heterocycles. The van der Waals surface area contributed by atoms with Gasteiger partial charge in [0.1, 0.15) is 5.01 Å². The number of carbonyl (C=O) groups excluding carboxylic acids is 1. The summed E-state index contributed by atoms with van der Waals surface area (Å²) in [6.07, 6.45) is -4.35. The molecule has 1 fully saturated rings. The monoisotopic (exact) mass is 481 g/mol. The Morgan fingerprint density at radius 3 is 2.56 bits per heavy atom. The fourth-order valence-electron chi connectivity index (χ4n) is 3.41. The van der Waals surface area contributed by atoms with Crippen molar-refractivity contribution in [2.75, 3.05) is 36.5 Å². The fraction of sp³-hybridized carbons (Fsp3) is 0.273. The van der Waals surface area contributed by atoms with E-state index in [0.29, 0.717) is 53.3 Å². The number of alkyl halides is 3. The molecule has 2 heterocycles. The zero-order valence-electron chi connectivity index (χ0n) is 16.8. The van der Waals surface area contributed by atoms with Crippen molar-refractivity contribution in [3.8, 4) is 10.6 Å². The molecule has 168 valence electrons. The molecule has 0 saturated carbocycles. The Morgan fingerprint density at radius 1 is 1.16 bits per heavy atom. The van der Waals surface area contributed by atoms with E-state index in [1.54, 1.807) is 23.6 Å². The van der Waals surface area contributed by atoms with Crippen LogP contribution in [0.3, 0.4) is 0 Å². The number of para-hydroxylation sites is 1. The molecule has 1 N–H and O–H groups in total. The van der Waals surface area contributed by atoms with Gasteiger partial charge in [0.05, 0.1) is 47.3 Å². The maximum atomic E-state index is 12.7. The minimum atomic E-state index is -4.38. The van der Waals surface area contributed by atoms with Crippen molar-refractivity contribution in [3.63, 3.8) is 0 Å². The van der Waals surface area contributed by atoms with Crippen LogP contribution in [0, 0.1) is 0 Å². The molecule has 2 aromatic carbocycles. The average molecular weight is 482 g/mol. The van der Waals surface area contributed by atoms with E-state index < -0.39 is 11.7 Å². The normalized spacial score (nSPS) is 14.4. The quantitative estimate of drug-likeness (QED) is 0.523. The lowest BCUT2D eigenvalue weighted by atomic mass is 10.1. The van der Waals surface area contributed by atoms with Crippen molar-refractivity contribution in [2.45, 2.75) is 12.6 Å². The molecular weight excluding hydrogens is 463 g/mol. The van der Waals surface area contributed by atoms with E-state index >= 15 is 0 Å². The lowest BCUT2D eigenvalue weighted by molar-refractivity contribution is -0.137. The van der Waals surface area contributed by atoms with Gasteiger partial charge in [0, 0.05) is 24.0 Å². The van der Waals surface area contributed by atoms with Crippen LogP contribution < -0.4 is 10.2 Å². The van der Waals surface area contributed by atoms with Crippen LogP contribution in [0.4, 0.5) is 24.5 Å². The maximum Gasteiger partial charge on any atom is 0.416 e. The van der Waals surface area contributed by atoms with Crippen molar-refractivity contribution in [1.82, 2.24) is 4.98 Å². The first kappa shape index (κ1) is 22.6. The van der Waals surface area contributed by atoms with Gasteiger partial charge in [-0.05, 0) is 24.3 Å². The highest BCUT2D eigenvalue weighted by Crippen LogP contribution is 2.35. The molecule has 1 aliphatic heterocycles. The summed E-state index contributed by atoms with van der Waals surface area (Å²) < 4.78 is 43.6. The average Bonchev–Trinajstić information content (AvgIpc) is 3.22. The van der Waals surface area contributed by atoms with Gasteiger partial charge in [-0.3, -0.25) is 4.79 Å². The number of aromatic nitrogens is 1. The van der Waals surface area contributed by atoms with Gasteiger partial charge in [-0.2, -0.15) is 13.2 Å². The summed E-state index contributed by atoms with van der Waals surface area (Å²) in [5, 5.41) is 5.73. The Balaban J connectivity index is 1.45. The molecule has 1 saturated heterocycles. The molecule has 10 heteroatoms. The van der Waals surface area contributed by atoms with E-state index in [1.807, 2.05) is 0 Å². The lowest BCUT2D eigenvalue weighted by Crippen LogP contribution is -2.37. The topological polar surface area (TPSA) is 54.5 Å². The number of halogens is 4. The van der Waals surface area contributed by atoms with E-state index in [2.05, 4.69) is 15.2 Å². The minimum Gasteiger partial charge on any atom is -0.378 e. The number of hydrogen-bond acceptors (Lipinski definition) is 5. The predicted molar refractivity (Wildman–Crippen MR) is 119 cm³/mol. The van der Waals surface area contributed by atoms with E-state index in [0.717, 1.165) is 17.8 Å². The van der Waals surface area contributed by atoms with E-state index in [1.165, 1.54) is 23.5 Å². The first-order chi connectivity index (χ1) is 15.3. The zero-order chi connectivity index (χ0) is 22.7. The van der Waals surface area contributed by atoms with Crippen LogP contribution >= 0.6 is 22.9 Å². The van der Waals surface area contributed by atoms with Crippen LogP contribution in [0.5, 0.6) is 0 Å². The van der Waals surface area contributed by atoms with E-state index in [9.17, 15) is 18.0 Å². The Kier molecular flexibility index (Phi) is 6.68. The van der Waals surface area contributed by atoms with Gasteiger partial charge in [-0.1, -0.05) is 29.8 Å². The summed E-state index contributed by atoms with van der Waals surface area (Å²) >= 11 is 7.68. The first-order valence-electron chi connectivity index (χ1n) is 9.84. The standard InChI is InChI=1S/C22H19ClF3N3O2S/c23-17-2-1-3-18(20(17)29-8-10-31-11-9-29)28-19(30)12-16-13-32-21(27-16)14-4-6-15(7-5-14)22(24,25)26/h1-7,13H,8-12H2,(H,28,30). The maximum absolute atomic E-state index is 12.7. The van der Waals surface area contributed by atoms with E-state index in [4.69, 9.17) is 16.3 Å². The van der Waals surface area contributed by atoms with Crippen LogP contribution in [0.1, 0.15) is 11.3 Å². The third-order valence-corrected chi connectivity index (χ3v) is 6.19. The first-order valence-corrected chi connectivity index (χ1v) is 11.1. The Labute approximate surface area is 191 Å². The number of amides is 1. The Bertz CT molecular complexity index is 1100. The summed E-state index contributed by atoms with van der Waals surface area (Å²) in [6, 6.07) is 10.2. The second kappa shape index (κ2) is 9.48. The number of hydrogen-bond donors (Lipinski definition) is 1. The third kappa shape index (κ3) is 5.23. The van der Waals surface area contributed by atoms with Crippen molar-refractivity contribution < 1.29 is 22.7 Å². The second-order valence-corrected chi connectivity index (χ2v) is 8.44. The second-order valence-electron chi connectivity index (χ2n) is 7.18. The Morgan fingerprint density at radius 2 is 1.88 bits per heavy atom. The fourth-order valence-corrected chi connectivity index (χ4v) is 4.53. The third-order valence-electron chi connectivity index (χ3n) is 4.94. The molecule has 4 rings (SSSR count). The number of nitrogens with zero attached hydrogens (tertiary/aromatic N) is 2. The number of ether oxygens (including phenoxy) is 1. The summed E-state index contributed by atoms with van der Waals surface area (Å²) in [4.78, 5) is 19.2. The van der Waals surface area contributed by atoms with Gasteiger partial charge in [-0.25, -0.2) is 4.98 Å². The van der Waals surface area contributed by atoms with Crippen LogP contribution in [0.15, 0.2) is 47.8 Å². The van der Waals surface area contributed by atoms with Crippen molar-refractivity contribution >= 4 is 40.2 Å². The number of anilines is 2. The van der Waals surface area contributed by atoms with Crippen LogP contribution in [-0.2, 0) is 22.1 Å². The number of rotatable bonds is 5. The van der Waals surface area contributed by atoms with Crippen LogP contribution in [-0.4, -0.2) is 37.2 Å². The molecule has 0 radical (unpaired) electrons. The van der Waals surface area contributed by atoms with Gasteiger partial charge in [0.25, 0.3) is 0 Å². The summed E-state index contributed by atoms with van der Waals surface area (Å²) in [5.41, 5.74) is 1.77. The number of thiazole rings is 1. The molecule has 1 aliphatic rings. The molecule has 5 nitrogen and oxygen atoms in total. The van der Waals surface area contributed by atoms with Crippen LogP contribution in [0.25, 0.3) is 10.6 Å². The highest BCUT2D eigenvalue weighted by Gasteiger charge is 2.30.